The van der Waals surface area contributed by atoms with Gasteiger partial charge in [-0.2, -0.15) is 10.4 Å². The number of aryl methyl sites for hydroxylation is 1. The molecule has 0 aliphatic heterocycles. The highest BCUT2D eigenvalue weighted by molar-refractivity contribution is 7.12. The van der Waals surface area contributed by atoms with Crippen molar-refractivity contribution in [3.63, 3.8) is 0 Å². The molecule has 0 saturated carbocycles. The summed E-state index contributed by atoms with van der Waals surface area (Å²) in [6, 6.07) is 3.60. The summed E-state index contributed by atoms with van der Waals surface area (Å²) in [5.74, 6) is -0.121. The number of carbonyl (C=O) groups is 1. The van der Waals surface area contributed by atoms with Crippen molar-refractivity contribution in [3.05, 3.63) is 33.1 Å². The lowest BCUT2D eigenvalue weighted by molar-refractivity contribution is 0.103. The summed E-state index contributed by atoms with van der Waals surface area (Å²) in [6.07, 6.45) is 1.53. The number of hydrogen-bond donors (Lipinski definition) is 1. The molecular weight excluding hydrogens is 260 g/mol. The Hall–Kier alpha value is -1.84. The maximum Gasteiger partial charge on any atom is 0.268 e. The molecule has 0 fully saturated rings. The van der Waals surface area contributed by atoms with E-state index < -0.39 is 0 Å². The zero-order valence-corrected chi connectivity index (χ0v) is 10.3. The zero-order chi connectivity index (χ0) is 12.4. The van der Waals surface area contributed by atoms with Crippen LogP contribution in [0.25, 0.3) is 0 Å². The molecule has 17 heavy (non-hydrogen) atoms. The second-order valence-corrected chi connectivity index (χ2v) is 4.55. The van der Waals surface area contributed by atoms with E-state index in [-0.39, 0.29) is 11.7 Å². The molecule has 2 rings (SSSR count). The first-order chi connectivity index (χ1) is 8.11. The van der Waals surface area contributed by atoms with Gasteiger partial charge in [0, 0.05) is 13.2 Å². The third kappa shape index (κ3) is 2.30. The van der Waals surface area contributed by atoms with E-state index in [1.54, 1.807) is 18.5 Å². The molecule has 0 bridgehead atoms. The molecular formula is C10H7ClN4OS. The number of hydrogen-bond acceptors (Lipinski definition) is 4. The van der Waals surface area contributed by atoms with E-state index in [0.29, 0.717) is 15.5 Å². The minimum absolute atomic E-state index is 0.240. The van der Waals surface area contributed by atoms with Crippen molar-refractivity contribution < 1.29 is 4.79 Å². The fourth-order valence-corrected chi connectivity index (χ4v) is 2.32. The summed E-state index contributed by atoms with van der Waals surface area (Å²) in [6.45, 7) is 0. The van der Waals surface area contributed by atoms with Crippen LogP contribution < -0.4 is 5.32 Å². The molecule has 1 amide bonds. The summed E-state index contributed by atoms with van der Waals surface area (Å²) in [7, 11) is 1.68. The quantitative estimate of drug-likeness (QED) is 0.906. The molecule has 0 unspecified atom stereocenters. The third-order valence-electron chi connectivity index (χ3n) is 2.00. The van der Waals surface area contributed by atoms with Crippen LogP contribution in [0.4, 0.5) is 5.82 Å². The van der Waals surface area contributed by atoms with Gasteiger partial charge in [-0.15, -0.1) is 11.3 Å². The first-order valence-corrected chi connectivity index (χ1v) is 5.85. The molecule has 2 aromatic heterocycles. The molecule has 2 aromatic rings. The van der Waals surface area contributed by atoms with Gasteiger partial charge in [-0.05, 0) is 11.4 Å². The maximum atomic E-state index is 11.8. The van der Waals surface area contributed by atoms with Crippen LogP contribution in [0.3, 0.4) is 0 Å². The number of amides is 1. The first kappa shape index (κ1) is 11.6. The van der Waals surface area contributed by atoms with Crippen LogP contribution >= 0.6 is 22.9 Å². The Labute approximate surface area is 106 Å². The fourth-order valence-electron chi connectivity index (χ4n) is 1.28. The van der Waals surface area contributed by atoms with E-state index in [1.165, 1.54) is 22.2 Å². The van der Waals surface area contributed by atoms with Gasteiger partial charge in [0.2, 0.25) is 0 Å². The Balaban J connectivity index is 2.25. The topological polar surface area (TPSA) is 70.7 Å². The average molecular weight is 267 g/mol. The number of aromatic nitrogens is 2. The molecule has 86 valence electrons. The maximum absolute atomic E-state index is 11.8. The lowest BCUT2D eigenvalue weighted by Gasteiger charge is -2.00. The van der Waals surface area contributed by atoms with Crippen LogP contribution in [-0.2, 0) is 7.05 Å². The number of nitriles is 1. The highest BCUT2D eigenvalue weighted by Crippen LogP contribution is 2.23. The molecule has 0 spiro atoms. The van der Waals surface area contributed by atoms with Gasteiger partial charge in [-0.25, -0.2) is 0 Å². The molecule has 2 heterocycles. The van der Waals surface area contributed by atoms with E-state index in [0.717, 1.165) is 0 Å². The van der Waals surface area contributed by atoms with Crippen molar-refractivity contribution in [2.24, 2.45) is 7.05 Å². The fraction of sp³-hybridized carbons (Fsp3) is 0.100. The molecule has 7 heteroatoms. The number of halogens is 1. The number of carbonyl (C=O) groups excluding carboxylic acids is 1. The Morgan fingerprint density at radius 1 is 1.71 bits per heavy atom. The minimum Gasteiger partial charge on any atom is -0.303 e. The van der Waals surface area contributed by atoms with Gasteiger partial charge in [0.25, 0.3) is 5.91 Å². The van der Waals surface area contributed by atoms with Crippen molar-refractivity contribution in [1.29, 1.82) is 5.26 Å². The van der Waals surface area contributed by atoms with Crippen LogP contribution in [0.15, 0.2) is 17.6 Å². The van der Waals surface area contributed by atoms with Crippen LogP contribution in [0, 0.1) is 11.3 Å². The predicted octanol–water partition coefficient (Wildman–Crippen LogP) is 2.26. The monoisotopic (exact) mass is 266 g/mol. The van der Waals surface area contributed by atoms with Gasteiger partial charge in [-0.1, -0.05) is 11.6 Å². The molecule has 0 radical (unpaired) electrons. The average Bonchev–Trinajstić information content (AvgIpc) is 2.84. The number of rotatable bonds is 2. The molecule has 0 saturated heterocycles. The van der Waals surface area contributed by atoms with Crippen molar-refractivity contribution in [2.75, 3.05) is 5.32 Å². The van der Waals surface area contributed by atoms with Gasteiger partial charge in [0.15, 0.2) is 5.82 Å². The lowest BCUT2D eigenvalue weighted by Crippen LogP contribution is -2.12. The standard InChI is InChI=1S/C10H7ClN4OS/c1-15-5-6(4-12)9(14-15)13-10(16)8-7(11)2-3-17-8/h2-3,5H,1H3,(H,13,14,16). The Morgan fingerprint density at radius 2 is 2.47 bits per heavy atom. The van der Waals surface area contributed by atoms with Gasteiger partial charge in [-0.3, -0.25) is 9.48 Å². The Kier molecular flexibility index (Phi) is 3.13. The van der Waals surface area contributed by atoms with Crippen molar-refractivity contribution in [3.8, 4) is 6.07 Å². The third-order valence-corrected chi connectivity index (χ3v) is 3.34. The van der Waals surface area contributed by atoms with Crippen LogP contribution in [-0.4, -0.2) is 15.7 Å². The molecule has 0 aliphatic rings. The van der Waals surface area contributed by atoms with Crippen molar-refractivity contribution >= 4 is 34.7 Å². The van der Waals surface area contributed by atoms with Gasteiger partial charge < -0.3 is 5.32 Å². The molecule has 0 aromatic carbocycles. The number of anilines is 1. The lowest BCUT2D eigenvalue weighted by atomic mass is 10.3. The summed E-state index contributed by atoms with van der Waals surface area (Å²) in [5, 5.41) is 17.5. The Bertz CT molecular complexity index is 610. The zero-order valence-electron chi connectivity index (χ0n) is 8.77. The second kappa shape index (κ2) is 4.57. The number of nitrogens with zero attached hydrogens (tertiary/aromatic N) is 3. The predicted molar refractivity (Wildman–Crippen MR) is 65.2 cm³/mol. The van der Waals surface area contributed by atoms with E-state index in [1.807, 2.05) is 6.07 Å². The molecule has 0 atom stereocenters. The van der Waals surface area contributed by atoms with E-state index in [2.05, 4.69) is 10.4 Å². The van der Waals surface area contributed by atoms with Crippen LogP contribution in [0.5, 0.6) is 0 Å². The van der Waals surface area contributed by atoms with E-state index in [9.17, 15) is 4.79 Å². The summed E-state index contributed by atoms with van der Waals surface area (Å²) in [5.41, 5.74) is 0.313. The van der Waals surface area contributed by atoms with Gasteiger partial charge in [0.05, 0.1) is 5.02 Å². The smallest absolute Gasteiger partial charge is 0.268 e. The Morgan fingerprint density at radius 3 is 3.06 bits per heavy atom. The van der Waals surface area contributed by atoms with Crippen LogP contribution in [0.2, 0.25) is 5.02 Å². The van der Waals surface area contributed by atoms with E-state index >= 15 is 0 Å². The summed E-state index contributed by atoms with van der Waals surface area (Å²) in [4.78, 5) is 12.2. The normalized spacial score (nSPS) is 9.94. The number of thiophene rings is 1. The molecule has 0 aliphatic carbocycles. The van der Waals surface area contributed by atoms with Crippen molar-refractivity contribution in [1.82, 2.24) is 9.78 Å². The number of nitrogens with one attached hydrogen (secondary N) is 1. The first-order valence-electron chi connectivity index (χ1n) is 4.60. The highest BCUT2D eigenvalue weighted by Gasteiger charge is 2.15. The largest absolute Gasteiger partial charge is 0.303 e. The van der Waals surface area contributed by atoms with Crippen molar-refractivity contribution in [2.45, 2.75) is 0 Å². The minimum atomic E-state index is -0.361. The molecule has 5 nitrogen and oxygen atoms in total. The van der Waals surface area contributed by atoms with E-state index in [4.69, 9.17) is 16.9 Å². The second-order valence-electron chi connectivity index (χ2n) is 3.23. The summed E-state index contributed by atoms with van der Waals surface area (Å²) < 4.78 is 1.46. The van der Waals surface area contributed by atoms with Gasteiger partial charge >= 0.3 is 0 Å². The SMILES string of the molecule is Cn1cc(C#N)c(NC(=O)c2sccc2Cl)n1. The van der Waals surface area contributed by atoms with Crippen LogP contribution in [0.1, 0.15) is 15.2 Å². The summed E-state index contributed by atoms with van der Waals surface area (Å²) >= 11 is 7.07. The molecule has 1 N–H and O–H groups in total. The highest BCUT2D eigenvalue weighted by atomic mass is 35.5. The van der Waals surface area contributed by atoms with Gasteiger partial charge in [0.1, 0.15) is 16.5 Å².